The summed E-state index contributed by atoms with van der Waals surface area (Å²) in [5.74, 6) is -1.56. The van der Waals surface area contributed by atoms with Gasteiger partial charge in [0.25, 0.3) is 5.91 Å². The third-order valence-electron chi connectivity index (χ3n) is 8.98. The maximum Gasteiger partial charge on any atom is 0.408 e. The minimum Gasteiger partial charge on any atom is -0.444 e. The number of aliphatic hydroxyl groups excluding tert-OH is 1. The Labute approximate surface area is 301 Å². The molecular formula is C37H59N7O7. The van der Waals surface area contributed by atoms with Crippen LogP contribution in [0.1, 0.15) is 90.8 Å². The zero-order valence-electron chi connectivity index (χ0n) is 30.7. The van der Waals surface area contributed by atoms with Gasteiger partial charge in [-0.1, -0.05) is 76.3 Å². The monoisotopic (exact) mass is 713 g/mol. The van der Waals surface area contributed by atoms with Crippen LogP contribution in [0.3, 0.4) is 0 Å². The minimum absolute atomic E-state index is 0.0264. The number of rotatable bonds is 18. The molecule has 2 aromatic rings. The van der Waals surface area contributed by atoms with E-state index < -0.39 is 72.2 Å². The highest BCUT2D eigenvalue weighted by atomic mass is 16.6. The van der Waals surface area contributed by atoms with Crippen LogP contribution in [0, 0.1) is 11.8 Å². The van der Waals surface area contributed by atoms with Crippen molar-refractivity contribution in [2.45, 2.75) is 128 Å². The van der Waals surface area contributed by atoms with E-state index in [1.54, 1.807) is 27.0 Å². The van der Waals surface area contributed by atoms with E-state index in [2.05, 4.69) is 31.2 Å². The fourth-order valence-electron chi connectivity index (χ4n) is 6.20. The molecule has 9 N–H and O–H groups in total. The van der Waals surface area contributed by atoms with Gasteiger partial charge in [0.2, 0.25) is 11.8 Å². The number of H-pyrrole nitrogens is 1. The number of amides is 4. The highest BCUT2D eigenvalue weighted by Crippen LogP contribution is 2.29. The standard InChI is InChI=1S/C37H59N7O7/c1-24(2)20-40-34(48)37(50,22-38)19-31(45)28(16-25-12-8-6-9-13-25)42-33(47)30(18-27-21-39-23-41-27)43-32(46)29(17-26-14-10-7-11-15-26)44-35(49)51-36(3,4)5/h7,10-11,14-15,21,23-25,28-31,45,50H,6,8-9,12-13,16-20,22,38H2,1-5H3,(H,39,41)(H,40,48)(H,42,47)(H,43,46)(H,44,49)/t28-,29-,30-,31-,37-/m0/s1. The number of carbonyl (C=O) groups is 4. The summed E-state index contributed by atoms with van der Waals surface area (Å²) < 4.78 is 5.43. The van der Waals surface area contributed by atoms with Gasteiger partial charge in [-0.05, 0) is 44.6 Å². The molecule has 5 atom stereocenters. The third kappa shape index (κ3) is 14.3. The average Bonchev–Trinajstić information content (AvgIpc) is 3.59. The van der Waals surface area contributed by atoms with Crippen LogP contribution in [0.4, 0.5) is 4.79 Å². The predicted octanol–water partition coefficient (Wildman–Crippen LogP) is 2.24. The van der Waals surface area contributed by atoms with Gasteiger partial charge in [-0.15, -0.1) is 0 Å². The minimum atomic E-state index is -2.06. The van der Waals surface area contributed by atoms with E-state index in [4.69, 9.17) is 10.5 Å². The molecule has 1 aromatic carbocycles. The Morgan fingerprint density at radius 1 is 0.980 bits per heavy atom. The molecule has 1 heterocycles. The molecule has 0 radical (unpaired) electrons. The number of carbonyl (C=O) groups excluding carboxylic acids is 4. The Hall–Kier alpha value is -4.01. The lowest BCUT2D eigenvalue weighted by molar-refractivity contribution is -0.143. The summed E-state index contributed by atoms with van der Waals surface area (Å²) >= 11 is 0. The molecular weight excluding hydrogens is 654 g/mol. The highest BCUT2D eigenvalue weighted by Gasteiger charge is 2.40. The van der Waals surface area contributed by atoms with Crippen LogP contribution in [0.15, 0.2) is 42.9 Å². The second-order valence-electron chi connectivity index (χ2n) is 15.2. The topological polar surface area (TPSA) is 221 Å². The number of hydrogen-bond donors (Lipinski definition) is 8. The van der Waals surface area contributed by atoms with Crippen molar-refractivity contribution >= 4 is 23.8 Å². The summed E-state index contributed by atoms with van der Waals surface area (Å²) in [5.41, 5.74) is 4.35. The molecule has 1 saturated carbocycles. The SMILES string of the molecule is CC(C)CNC(=O)[C@@](O)(CN)C[C@H](O)[C@H](CC1CCCCC1)NC(=O)[C@H](Cc1cnc[nH]1)NC(=O)[C@H](Cc1ccccc1)NC(=O)OC(C)(C)C. The van der Waals surface area contributed by atoms with Gasteiger partial charge in [-0.3, -0.25) is 14.4 Å². The Morgan fingerprint density at radius 3 is 2.22 bits per heavy atom. The van der Waals surface area contributed by atoms with Crippen LogP contribution < -0.4 is 27.0 Å². The summed E-state index contributed by atoms with van der Waals surface area (Å²) in [6.45, 7) is 8.88. The summed E-state index contributed by atoms with van der Waals surface area (Å²) in [4.78, 5) is 60.9. The van der Waals surface area contributed by atoms with E-state index in [0.29, 0.717) is 18.7 Å². The molecule has 14 heteroatoms. The van der Waals surface area contributed by atoms with E-state index >= 15 is 0 Å². The van der Waals surface area contributed by atoms with E-state index in [1.807, 2.05) is 44.2 Å². The number of nitrogens with zero attached hydrogens (tertiary/aromatic N) is 1. The number of aromatic nitrogens is 2. The zero-order chi connectivity index (χ0) is 37.6. The molecule has 1 fully saturated rings. The van der Waals surface area contributed by atoms with Gasteiger partial charge in [0.1, 0.15) is 17.7 Å². The molecule has 0 spiro atoms. The van der Waals surface area contributed by atoms with E-state index in [9.17, 15) is 29.4 Å². The normalized spacial score (nSPS) is 17.4. The number of aromatic amines is 1. The number of benzene rings is 1. The first-order valence-corrected chi connectivity index (χ1v) is 18.1. The van der Waals surface area contributed by atoms with Crippen molar-refractivity contribution < 1.29 is 34.1 Å². The Balaban J connectivity index is 1.87. The lowest BCUT2D eigenvalue weighted by atomic mass is 9.81. The maximum atomic E-state index is 14.1. The van der Waals surface area contributed by atoms with Crippen LogP contribution in [0.5, 0.6) is 0 Å². The van der Waals surface area contributed by atoms with Gasteiger partial charge in [-0.2, -0.15) is 0 Å². The van der Waals surface area contributed by atoms with Crippen molar-refractivity contribution in [1.82, 2.24) is 31.2 Å². The number of nitrogens with one attached hydrogen (secondary N) is 5. The van der Waals surface area contributed by atoms with Gasteiger partial charge in [0, 0.05) is 44.2 Å². The number of hydrogen-bond acceptors (Lipinski definition) is 9. The van der Waals surface area contributed by atoms with E-state index in [0.717, 1.165) is 37.7 Å². The van der Waals surface area contributed by atoms with Gasteiger partial charge in [0.15, 0.2) is 5.60 Å². The fraction of sp³-hybridized carbons (Fsp3) is 0.649. The number of nitrogens with two attached hydrogens (primary N) is 1. The van der Waals surface area contributed by atoms with Gasteiger partial charge in [0.05, 0.1) is 18.5 Å². The first kappa shape index (κ1) is 41.4. The lowest BCUT2D eigenvalue weighted by Crippen LogP contribution is -2.59. The fourth-order valence-corrected chi connectivity index (χ4v) is 6.20. The summed E-state index contributed by atoms with van der Waals surface area (Å²) in [6.07, 6.45) is 6.04. The van der Waals surface area contributed by atoms with Gasteiger partial charge in [-0.25, -0.2) is 9.78 Å². The third-order valence-corrected chi connectivity index (χ3v) is 8.98. The second-order valence-corrected chi connectivity index (χ2v) is 15.2. The van der Waals surface area contributed by atoms with E-state index in [-0.39, 0.29) is 24.7 Å². The molecule has 51 heavy (non-hydrogen) atoms. The molecule has 1 aliphatic carbocycles. The number of imidazole rings is 1. The van der Waals surface area contributed by atoms with Crippen LogP contribution in [-0.2, 0) is 32.0 Å². The largest absolute Gasteiger partial charge is 0.444 e. The van der Waals surface area contributed by atoms with E-state index in [1.165, 1.54) is 6.33 Å². The van der Waals surface area contributed by atoms with Crippen LogP contribution >= 0.6 is 0 Å². The summed E-state index contributed by atoms with van der Waals surface area (Å²) in [7, 11) is 0. The van der Waals surface area contributed by atoms with Gasteiger partial charge >= 0.3 is 6.09 Å². The lowest BCUT2D eigenvalue weighted by Gasteiger charge is -2.35. The van der Waals surface area contributed by atoms with Crippen molar-refractivity contribution in [2.24, 2.45) is 17.6 Å². The maximum absolute atomic E-state index is 14.1. The predicted molar refractivity (Wildman–Crippen MR) is 193 cm³/mol. The van der Waals surface area contributed by atoms with Crippen molar-refractivity contribution in [1.29, 1.82) is 0 Å². The molecule has 3 rings (SSSR count). The van der Waals surface area contributed by atoms with Crippen molar-refractivity contribution in [2.75, 3.05) is 13.1 Å². The molecule has 1 aliphatic rings. The highest BCUT2D eigenvalue weighted by molar-refractivity contribution is 5.92. The molecule has 284 valence electrons. The van der Waals surface area contributed by atoms with Crippen LogP contribution in [-0.4, -0.2) is 92.5 Å². The first-order chi connectivity index (χ1) is 24.1. The Bertz CT molecular complexity index is 1380. The number of ether oxygens (including phenoxy) is 1. The van der Waals surface area contributed by atoms with Crippen LogP contribution in [0.25, 0.3) is 0 Å². The molecule has 0 aliphatic heterocycles. The smallest absolute Gasteiger partial charge is 0.408 e. The van der Waals surface area contributed by atoms with Crippen LogP contribution in [0.2, 0.25) is 0 Å². The van der Waals surface area contributed by atoms with Crippen molar-refractivity contribution in [3.05, 3.63) is 54.1 Å². The quantitative estimate of drug-likeness (QED) is 0.113. The van der Waals surface area contributed by atoms with Crippen molar-refractivity contribution in [3.8, 4) is 0 Å². The summed E-state index contributed by atoms with van der Waals surface area (Å²) in [5, 5.41) is 33.9. The second kappa shape index (κ2) is 19.6. The van der Waals surface area contributed by atoms with Crippen molar-refractivity contribution in [3.63, 3.8) is 0 Å². The first-order valence-electron chi connectivity index (χ1n) is 18.1. The molecule has 1 aromatic heterocycles. The number of alkyl carbamates (subject to hydrolysis) is 1. The molecule has 0 bridgehead atoms. The Kier molecular flexibility index (Phi) is 15.9. The molecule has 14 nitrogen and oxygen atoms in total. The molecule has 4 amide bonds. The average molecular weight is 714 g/mol. The molecule has 0 saturated heterocycles. The summed E-state index contributed by atoms with van der Waals surface area (Å²) in [6, 6.07) is 6.04. The zero-order valence-corrected chi connectivity index (χ0v) is 30.7. The number of aliphatic hydroxyl groups is 2. The Morgan fingerprint density at radius 2 is 1.63 bits per heavy atom. The molecule has 0 unspecified atom stereocenters. The van der Waals surface area contributed by atoms with Gasteiger partial charge < -0.3 is 46.9 Å².